The number of thioether (sulfide) groups is 1. The third-order valence-electron chi connectivity index (χ3n) is 2.94. The highest BCUT2D eigenvalue weighted by atomic mass is 32.2. The van der Waals surface area contributed by atoms with Crippen molar-refractivity contribution in [2.45, 2.75) is 31.3 Å². The van der Waals surface area contributed by atoms with E-state index in [-0.39, 0.29) is 5.56 Å². The Morgan fingerprint density at radius 2 is 2.10 bits per heavy atom. The number of hydrogen-bond acceptors (Lipinski definition) is 4. The van der Waals surface area contributed by atoms with E-state index in [1.807, 2.05) is 24.3 Å². The Labute approximate surface area is 122 Å². The van der Waals surface area contributed by atoms with Crippen LogP contribution < -0.4 is 11.3 Å². The van der Waals surface area contributed by atoms with Crippen LogP contribution in [0.5, 0.6) is 0 Å². The first-order chi connectivity index (χ1) is 9.69. The zero-order valence-corrected chi connectivity index (χ0v) is 12.4. The fourth-order valence-corrected chi connectivity index (χ4v) is 2.83. The number of aryl methyl sites for hydroxylation is 2. The molecule has 0 unspecified atom stereocenters. The standard InChI is InChI=1S/C15H19N3OS/c1-2-5-12-10-14(19)18-15(17-12)20-9-8-11-6-3-4-7-13(11)16/h3-4,6-7,10H,2,5,8-9,16H2,1H3,(H,17,18,19). The van der Waals surface area contributed by atoms with Crippen molar-refractivity contribution in [1.29, 1.82) is 0 Å². The third kappa shape index (κ3) is 4.13. The van der Waals surface area contributed by atoms with Gasteiger partial charge in [0.2, 0.25) is 0 Å². The lowest BCUT2D eigenvalue weighted by Crippen LogP contribution is -2.10. The predicted octanol–water partition coefficient (Wildman–Crippen LogP) is 2.64. The van der Waals surface area contributed by atoms with Crippen LogP contribution in [0.1, 0.15) is 24.6 Å². The number of aromatic nitrogens is 2. The molecular formula is C15H19N3OS. The Morgan fingerprint density at radius 3 is 2.85 bits per heavy atom. The molecule has 0 bridgehead atoms. The summed E-state index contributed by atoms with van der Waals surface area (Å²) in [4.78, 5) is 18.8. The molecule has 2 aromatic rings. The monoisotopic (exact) mass is 289 g/mol. The molecule has 106 valence electrons. The molecule has 5 heteroatoms. The van der Waals surface area contributed by atoms with E-state index in [0.717, 1.165) is 42.0 Å². The number of nitrogens with one attached hydrogen (secondary N) is 1. The molecule has 1 aromatic carbocycles. The average molecular weight is 289 g/mol. The molecule has 0 saturated heterocycles. The van der Waals surface area contributed by atoms with Crippen LogP contribution in [0.4, 0.5) is 5.69 Å². The molecule has 0 spiro atoms. The molecule has 0 aliphatic carbocycles. The summed E-state index contributed by atoms with van der Waals surface area (Å²) in [5, 5.41) is 0.690. The van der Waals surface area contributed by atoms with Crippen molar-refractivity contribution in [3.05, 3.63) is 51.9 Å². The van der Waals surface area contributed by atoms with Crippen molar-refractivity contribution in [3.63, 3.8) is 0 Å². The minimum absolute atomic E-state index is 0.0785. The first-order valence-corrected chi connectivity index (χ1v) is 7.74. The van der Waals surface area contributed by atoms with E-state index in [9.17, 15) is 4.79 Å². The lowest BCUT2D eigenvalue weighted by atomic mass is 10.1. The van der Waals surface area contributed by atoms with Crippen LogP contribution in [-0.2, 0) is 12.8 Å². The topological polar surface area (TPSA) is 71.8 Å². The summed E-state index contributed by atoms with van der Waals surface area (Å²) in [5.41, 5.74) is 8.63. The van der Waals surface area contributed by atoms with Gasteiger partial charge in [0.05, 0.1) is 0 Å². The van der Waals surface area contributed by atoms with E-state index in [0.29, 0.717) is 5.16 Å². The van der Waals surface area contributed by atoms with Gasteiger partial charge >= 0.3 is 0 Å². The number of para-hydroxylation sites is 1. The Morgan fingerprint density at radius 1 is 1.30 bits per heavy atom. The maximum absolute atomic E-state index is 11.5. The van der Waals surface area contributed by atoms with E-state index in [1.165, 1.54) is 0 Å². The molecule has 3 N–H and O–H groups in total. The number of nitrogens with zero attached hydrogens (tertiary/aromatic N) is 1. The summed E-state index contributed by atoms with van der Waals surface area (Å²) < 4.78 is 0. The van der Waals surface area contributed by atoms with Gasteiger partial charge in [0, 0.05) is 23.2 Å². The van der Waals surface area contributed by atoms with Crippen LogP contribution in [0.15, 0.2) is 40.3 Å². The van der Waals surface area contributed by atoms with Gasteiger partial charge in [-0.15, -0.1) is 0 Å². The van der Waals surface area contributed by atoms with E-state index >= 15 is 0 Å². The van der Waals surface area contributed by atoms with Crippen LogP contribution in [0.2, 0.25) is 0 Å². The summed E-state index contributed by atoms with van der Waals surface area (Å²) in [6, 6.07) is 9.42. The van der Waals surface area contributed by atoms with Crippen molar-refractivity contribution in [3.8, 4) is 0 Å². The Kier molecular flexibility index (Phi) is 5.24. The third-order valence-corrected chi connectivity index (χ3v) is 3.82. The summed E-state index contributed by atoms with van der Waals surface area (Å²) in [6.45, 7) is 2.08. The molecule has 0 amide bonds. The summed E-state index contributed by atoms with van der Waals surface area (Å²) in [6.07, 6.45) is 2.68. The molecule has 1 aromatic heterocycles. The van der Waals surface area contributed by atoms with Gasteiger partial charge in [-0.2, -0.15) is 0 Å². The lowest BCUT2D eigenvalue weighted by molar-refractivity contribution is 0.815. The molecule has 0 radical (unpaired) electrons. The molecule has 0 saturated carbocycles. The average Bonchev–Trinajstić information content (AvgIpc) is 2.41. The van der Waals surface area contributed by atoms with Gasteiger partial charge in [-0.1, -0.05) is 43.3 Å². The van der Waals surface area contributed by atoms with Crippen LogP contribution in [0, 0.1) is 0 Å². The Bertz CT molecular complexity index is 625. The van der Waals surface area contributed by atoms with Crippen LogP contribution in [0.25, 0.3) is 0 Å². The van der Waals surface area contributed by atoms with Gasteiger partial charge in [0.1, 0.15) is 0 Å². The summed E-state index contributed by atoms with van der Waals surface area (Å²) in [7, 11) is 0. The highest BCUT2D eigenvalue weighted by Crippen LogP contribution is 2.17. The van der Waals surface area contributed by atoms with Crippen molar-refractivity contribution in [1.82, 2.24) is 9.97 Å². The highest BCUT2D eigenvalue weighted by Gasteiger charge is 2.03. The Hall–Kier alpha value is -1.75. The van der Waals surface area contributed by atoms with E-state index in [4.69, 9.17) is 5.73 Å². The maximum atomic E-state index is 11.5. The van der Waals surface area contributed by atoms with Crippen LogP contribution in [0.3, 0.4) is 0 Å². The zero-order valence-electron chi connectivity index (χ0n) is 11.6. The minimum atomic E-state index is -0.0785. The fraction of sp³-hybridized carbons (Fsp3) is 0.333. The number of benzene rings is 1. The number of aromatic amines is 1. The molecule has 20 heavy (non-hydrogen) atoms. The molecule has 0 aliphatic heterocycles. The van der Waals surface area contributed by atoms with Crippen molar-refractivity contribution in [2.75, 3.05) is 11.5 Å². The second-order valence-electron chi connectivity index (χ2n) is 4.59. The second kappa shape index (κ2) is 7.14. The predicted molar refractivity (Wildman–Crippen MR) is 84.1 cm³/mol. The van der Waals surface area contributed by atoms with E-state index in [1.54, 1.807) is 17.8 Å². The molecule has 0 atom stereocenters. The maximum Gasteiger partial charge on any atom is 0.251 e. The molecule has 2 rings (SSSR count). The van der Waals surface area contributed by atoms with Crippen LogP contribution in [-0.4, -0.2) is 15.7 Å². The second-order valence-corrected chi connectivity index (χ2v) is 5.67. The SMILES string of the molecule is CCCc1cc(=O)[nH]c(SCCc2ccccc2N)n1. The minimum Gasteiger partial charge on any atom is -0.399 e. The van der Waals surface area contributed by atoms with Crippen molar-refractivity contribution >= 4 is 17.4 Å². The summed E-state index contributed by atoms with van der Waals surface area (Å²) >= 11 is 1.56. The normalized spacial score (nSPS) is 10.7. The molecular weight excluding hydrogens is 270 g/mol. The van der Waals surface area contributed by atoms with Gasteiger partial charge in [-0.05, 0) is 24.5 Å². The van der Waals surface area contributed by atoms with E-state index < -0.39 is 0 Å². The van der Waals surface area contributed by atoms with Gasteiger partial charge in [-0.25, -0.2) is 4.98 Å². The number of nitrogen functional groups attached to an aromatic ring is 1. The largest absolute Gasteiger partial charge is 0.399 e. The van der Waals surface area contributed by atoms with Gasteiger partial charge in [0.15, 0.2) is 5.16 Å². The number of nitrogens with two attached hydrogens (primary N) is 1. The van der Waals surface area contributed by atoms with E-state index in [2.05, 4.69) is 16.9 Å². The lowest BCUT2D eigenvalue weighted by Gasteiger charge is -2.05. The number of anilines is 1. The first-order valence-electron chi connectivity index (χ1n) is 6.75. The zero-order chi connectivity index (χ0) is 14.4. The van der Waals surface area contributed by atoms with Crippen molar-refractivity contribution < 1.29 is 0 Å². The van der Waals surface area contributed by atoms with Gasteiger partial charge < -0.3 is 10.7 Å². The first kappa shape index (κ1) is 14.7. The van der Waals surface area contributed by atoms with Gasteiger partial charge in [-0.3, -0.25) is 4.79 Å². The molecule has 4 nitrogen and oxygen atoms in total. The molecule has 1 heterocycles. The number of H-pyrrole nitrogens is 1. The quantitative estimate of drug-likeness (QED) is 0.487. The smallest absolute Gasteiger partial charge is 0.251 e. The Balaban J connectivity index is 1.97. The molecule has 0 fully saturated rings. The molecule has 0 aliphatic rings. The number of hydrogen-bond donors (Lipinski definition) is 2. The highest BCUT2D eigenvalue weighted by molar-refractivity contribution is 7.99. The fourth-order valence-electron chi connectivity index (χ4n) is 1.96. The van der Waals surface area contributed by atoms with Gasteiger partial charge in [0.25, 0.3) is 5.56 Å². The van der Waals surface area contributed by atoms with Crippen molar-refractivity contribution in [2.24, 2.45) is 0 Å². The van der Waals surface area contributed by atoms with Crippen LogP contribution >= 0.6 is 11.8 Å². The number of rotatable bonds is 6. The summed E-state index contributed by atoms with van der Waals surface area (Å²) in [5.74, 6) is 0.840.